The quantitative estimate of drug-likeness (QED) is 0.643. The molecule has 0 bridgehead atoms. The summed E-state index contributed by atoms with van der Waals surface area (Å²) in [6.45, 7) is 2.82. The van der Waals surface area contributed by atoms with Gasteiger partial charge in [0.05, 0.1) is 39.2 Å². The second-order valence-electron chi connectivity index (χ2n) is 8.61. The zero-order valence-electron chi connectivity index (χ0n) is 20.2. The third kappa shape index (κ3) is 4.68. The third-order valence-electron chi connectivity index (χ3n) is 6.46. The number of benzene rings is 1. The van der Waals surface area contributed by atoms with Gasteiger partial charge in [0.1, 0.15) is 0 Å². The van der Waals surface area contributed by atoms with Gasteiger partial charge in [-0.1, -0.05) is 6.07 Å². The smallest absolute Gasteiger partial charge is 0.217 e. The van der Waals surface area contributed by atoms with Gasteiger partial charge in [-0.2, -0.15) is 0 Å². The third-order valence-corrected chi connectivity index (χ3v) is 6.46. The summed E-state index contributed by atoms with van der Waals surface area (Å²) in [6, 6.07) is 6.96. The molecule has 1 unspecified atom stereocenters. The molecule has 8 heteroatoms. The Bertz CT molecular complexity index is 1130. The number of fused-ring (bicyclic) bond motifs is 3. The Morgan fingerprint density at radius 1 is 1.09 bits per heavy atom. The number of carbonyl (C=O) groups is 1. The fourth-order valence-electron chi connectivity index (χ4n) is 4.88. The molecule has 8 nitrogen and oxygen atoms in total. The van der Waals surface area contributed by atoms with Crippen molar-refractivity contribution >= 4 is 11.6 Å². The van der Waals surface area contributed by atoms with Crippen LogP contribution in [0, 0.1) is 0 Å². The summed E-state index contributed by atoms with van der Waals surface area (Å²) in [5, 5.41) is 6.28. The molecule has 2 aromatic rings. The topological polar surface area (TPSA) is 95.1 Å². The van der Waals surface area contributed by atoms with Gasteiger partial charge in [0.2, 0.25) is 17.1 Å². The zero-order valence-corrected chi connectivity index (χ0v) is 20.2. The molecule has 182 valence electrons. The van der Waals surface area contributed by atoms with Crippen molar-refractivity contribution in [1.29, 1.82) is 0 Å². The fraction of sp³-hybridized carbons (Fsp3) is 0.462. The number of hydrogen-bond donors (Lipinski definition) is 2. The summed E-state index contributed by atoms with van der Waals surface area (Å²) >= 11 is 0. The Kier molecular flexibility index (Phi) is 7.26. The van der Waals surface area contributed by atoms with Gasteiger partial charge in [0.15, 0.2) is 11.5 Å². The second-order valence-corrected chi connectivity index (χ2v) is 8.61. The molecule has 2 atom stereocenters. The molecule has 0 radical (unpaired) electrons. The molecule has 1 heterocycles. The molecular formula is C26H32N2O6. The monoisotopic (exact) mass is 468 g/mol. The van der Waals surface area contributed by atoms with Crippen LogP contribution in [-0.4, -0.2) is 46.5 Å². The van der Waals surface area contributed by atoms with E-state index >= 15 is 0 Å². The molecule has 0 aromatic heterocycles. The first-order valence-electron chi connectivity index (χ1n) is 11.6. The highest BCUT2D eigenvalue weighted by molar-refractivity contribution is 5.83. The number of amides is 1. The predicted molar refractivity (Wildman–Crippen MR) is 130 cm³/mol. The largest absolute Gasteiger partial charge is 0.493 e. The summed E-state index contributed by atoms with van der Waals surface area (Å²) in [5.41, 5.74) is 3.74. The lowest BCUT2D eigenvalue weighted by Crippen LogP contribution is -2.26. The average molecular weight is 469 g/mol. The first-order valence-corrected chi connectivity index (χ1v) is 11.6. The van der Waals surface area contributed by atoms with Gasteiger partial charge < -0.3 is 29.6 Å². The van der Waals surface area contributed by atoms with E-state index < -0.39 is 0 Å². The Morgan fingerprint density at radius 3 is 2.53 bits per heavy atom. The number of carbonyl (C=O) groups excluding carboxylic acids is 1. The van der Waals surface area contributed by atoms with E-state index in [-0.39, 0.29) is 23.5 Å². The molecule has 4 rings (SSSR count). The number of anilines is 1. The van der Waals surface area contributed by atoms with E-state index in [2.05, 4.69) is 10.6 Å². The van der Waals surface area contributed by atoms with E-state index in [1.54, 1.807) is 33.5 Å². The first-order chi connectivity index (χ1) is 16.5. The van der Waals surface area contributed by atoms with Gasteiger partial charge in [-0.15, -0.1) is 0 Å². The molecule has 1 aliphatic carbocycles. The van der Waals surface area contributed by atoms with Crippen molar-refractivity contribution in [1.82, 2.24) is 5.32 Å². The predicted octanol–water partition coefficient (Wildman–Crippen LogP) is 3.45. The van der Waals surface area contributed by atoms with E-state index in [1.807, 2.05) is 12.1 Å². The molecule has 34 heavy (non-hydrogen) atoms. The van der Waals surface area contributed by atoms with Gasteiger partial charge in [-0.05, 0) is 60.6 Å². The highest BCUT2D eigenvalue weighted by Crippen LogP contribution is 2.50. The van der Waals surface area contributed by atoms with E-state index in [9.17, 15) is 9.59 Å². The van der Waals surface area contributed by atoms with Gasteiger partial charge >= 0.3 is 0 Å². The second kappa shape index (κ2) is 10.3. The van der Waals surface area contributed by atoms with Crippen molar-refractivity contribution in [3.05, 3.63) is 45.6 Å². The number of rotatable bonds is 7. The van der Waals surface area contributed by atoms with Crippen LogP contribution in [0.5, 0.6) is 17.2 Å². The maximum Gasteiger partial charge on any atom is 0.217 e. The summed E-state index contributed by atoms with van der Waals surface area (Å²) in [6.07, 6.45) is 3.40. The average Bonchev–Trinajstić information content (AvgIpc) is 3.24. The lowest BCUT2D eigenvalue weighted by Gasteiger charge is -2.19. The Labute approximate surface area is 199 Å². The van der Waals surface area contributed by atoms with Crippen molar-refractivity contribution in [2.45, 2.75) is 44.8 Å². The summed E-state index contributed by atoms with van der Waals surface area (Å²) < 4.78 is 22.7. The molecule has 2 N–H and O–H groups in total. The Morgan fingerprint density at radius 2 is 1.88 bits per heavy atom. The molecule has 0 saturated carbocycles. The van der Waals surface area contributed by atoms with Crippen molar-refractivity contribution in [3.63, 3.8) is 0 Å². The maximum atomic E-state index is 13.2. The lowest BCUT2D eigenvalue weighted by molar-refractivity contribution is -0.119. The number of ether oxygens (including phenoxy) is 4. The number of aryl methyl sites for hydroxylation is 1. The molecule has 0 spiro atoms. The summed E-state index contributed by atoms with van der Waals surface area (Å²) in [4.78, 5) is 25.3. The number of nitrogens with one attached hydrogen (secondary N) is 2. The Balaban J connectivity index is 1.89. The van der Waals surface area contributed by atoms with Crippen LogP contribution in [-0.2, 0) is 16.0 Å². The molecule has 1 fully saturated rings. The summed E-state index contributed by atoms with van der Waals surface area (Å²) in [5.74, 6) is 1.44. The van der Waals surface area contributed by atoms with Gasteiger partial charge in [0, 0.05) is 25.6 Å². The van der Waals surface area contributed by atoms with Crippen molar-refractivity contribution in [2.24, 2.45) is 0 Å². The maximum absolute atomic E-state index is 13.2. The van der Waals surface area contributed by atoms with Crippen LogP contribution < -0.4 is 30.3 Å². The standard InChI is InChI=1S/C26H32N2O6/c1-15(29)28-20-9-7-16-12-23(31-2)25(32-3)26(33-4)24(16)18-8-10-21(22(30)13-19(18)20)27-14-17-6-5-11-34-17/h8,10,12-13,17,20H,5-7,9,11,14H2,1-4H3,(H,27,30)(H,28,29)/t17?,20-/m0/s1. The van der Waals surface area contributed by atoms with E-state index in [0.29, 0.717) is 42.3 Å². The molecular weight excluding hydrogens is 436 g/mol. The highest BCUT2D eigenvalue weighted by Gasteiger charge is 2.29. The zero-order chi connectivity index (χ0) is 24.2. The minimum absolute atomic E-state index is 0.104. The van der Waals surface area contributed by atoms with Crippen molar-refractivity contribution in [2.75, 3.05) is 39.8 Å². The Hall–Kier alpha value is -3.26. The van der Waals surface area contributed by atoms with E-state index in [0.717, 1.165) is 41.7 Å². The van der Waals surface area contributed by atoms with Crippen LogP contribution in [0.3, 0.4) is 0 Å². The van der Waals surface area contributed by atoms with E-state index in [1.165, 1.54) is 6.92 Å². The molecule has 1 aliphatic heterocycles. The SMILES string of the molecule is COc1cc2c(c(OC)c1OC)-c1ccc(NCC3CCCO3)c(=O)cc1[C@@H](NC(C)=O)CC2. The first kappa shape index (κ1) is 23.9. The highest BCUT2D eigenvalue weighted by atomic mass is 16.5. The van der Waals surface area contributed by atoms with Gasteiger partial charge in [0.25, 0.3) is 0 Å². The number of methoxy groups -OCH3 is 3. The normalized spacial score (nSPS) is 18.8. The van der Waals surface area contributed by atoms with Crippen LogP contribution >= 0.6 is 0 Å². The van der Waals surface area contributed by atoms with Crippen LogP contribution in [0.25, 0.3) is 11.1 Å². The molecule has 2 aromatic carbocycles. The van der Waals surface area contributed by atoms with Crippen LogP contribution in [0.1, 0.15) is 43.4 Å². The van der Waals surface area contributed by atoms with Gasteiger partial charge in [-0.3, -0.25) is 9.59 Å². The summed E-state index contributed by atoms with van der Waals surface area (Å²) in [7, 11) is 4.74. The van der Waals surface area contributed by atoms with Gasteiger partial charge in [-0.25, -0.2) is 0 Å². The molecule has 1 amide bonds. The van der Waals surface area contributed by atoms with Crippen molar-refractivity contribution < 1.29 is 23.7 Å². The molecule has 1 saturated heterocycles. The molecule has 2 aliphatic rings. The lowest BCUT2D eigenvalue weighted by atomic mass is 9.95. The van der Waals surface area contributed by atoms with E-state index in [4.69, 9.17) is 18.9 Å². The minimum atomic E-state index is -0.326. The minimum Gasteiger partial charge on any atom is -0.493 e. The van der Waals surface area contributed by atoms with Crippen LogP contribution in [0.2, 0.25) is 0 Å². The van der Waals surface area contributed by atoms with Crippen LogP contribution in [0.15, 0.2) is 29.1 Å². The fourth-order valence-corrected chi connectivity index (χ4v) is 4.88. The number of hydrogen-bond acceptors (Lipinski definition) is 7. The van der Waals surface area contributed by atoms with Crippen molar-refractivity contribution in [3.8, 4) is 28.4 Å². The van der Waals surface area contributed by atoms with Crippen LogP contribution in [0.4, 0.5) is 5.69 Å².